The zero-order chi connectivity index (χ0) is 2.00. The third kappa shape index (κ3) is 15.7. The van der Waals surface area contributed by atoms with Gasteiger partial charge in [-0.1, -0.05) is 0 Å². The summed E-state index contributed by atoms with van der Waals surface area (Å²) >= 11 is 0. The maximum absolute atomic E-state index is 6.50. The smallest absolute Gasteiger partial charge is 0 e. The van der Waals surface area contributed by atoms with Gasteiger partial charge < -0.3 is 0 Å². The SMILES string of the molecule is C#N.[LiH].[Rh]. The molecule has 0 bridgehead atoms. The first-order valence-electron chi connectivity index (χ1n) is 0.258. The van der Waals surface area contributed by atoms with Gasteiger partial charge in [0.25, 0.3) is 0 Å². The zero-order valence-corrected chi connectivity index (χ0v) is 3.00. The van der Waals surface area contributed by atoms with Crippen LogP contribution >= 0.6 is 0 Å². The minimum atomic E-state index is 0. The number of nitriles is 1. The Morgan fingerprint density at radius 3 is 1.25 bits per heavy atom. The molecule has 1 radical (unpaired) electrons. The van der Waals surface area contributed by atoms with Crippen molar-refractivity contribution in [3.63, 3.8) is 0 Å². The molecular weight excluding hydrogens is 136 g/mol. The van der Waals surface area contributed by atoms with Gasteiger partial charge in [0.05, 0.1) is 0 Å². The van der Waals surface area contributed by atoms with Gasteiger partial charge in [-0.3, -0.25) is 0 Å². The number of nitrogens with zero attached hydrogens (tertiary/aromatic N) is 1. The molecule has 0 spiro atoms. The van der Waals surface area contributed by atoms with E-state index in [1.807, 2.05) is 0 Å². The molecule has 0 aromatic rings. The van der Waals surface area contributed by atoms with Gasteiger partial charge >= 0.3 is 18.9 Å². The predicted octanol–water partition coefficient (Wildman–Crippen LogP) is -0.511. The van der Waals surface area contributed by atoms with Gasteiger partial charge in [0.2, 0.25) is 0 Å². The Hall–Kier alpha value is 0.711. The fourth-order valence-electron chi connectivity index (χ4n) is 0. The van der Waals surface area contributed by atoms with Crippen LogP contribution in [0.4, 0.5) is 0 Å². The standard InChI is InChI=1S/CHN.Li.Rh.H/c1-2;;;/h1H;;;. The maximum atomic E-state index is 6.50. The quantitative estimate of drug-likeness (QED) is 0.413. The van der Waals surface area contributed by atoms with Crippen LogP contribution in [-0.4, -0.2) is 18.9 Å². The fourth-order valence-corrected chi connectivity index (χ4v) is 0. The van der Waals surface area contributed by atoms with Crippen LogP contribution < -0.4 is 0 Å². The second-order valence-electron chi connectivity index (χ2n) is 0. The molecule has 0 aliphatic carbocycles. The van der Waals surface area contributed by atoms with Gasteiger partial charge in [0, 0.05) is 26.1 Å². The van der Waals surface area contributed by atoms with Crippen molar-refractivity contribution in [3.8, 4) is 6.57 Å². The van der Waals surface area contributed by atoms with Crippen molar-refractivity contribution in [2.45, 2.75) is 0 Å². The Kier molecular flexibility index (Phi) is 299. The van der Waals surface area contributed by atoms with Crippen LogP contribution in [0.2, 0.25) is 0 Å². The molecule has 3 heteroatoms. The monoisotopic (exact) mass is 138 g/mol. The molecule has 0 aromatic heterocycles. The molecule has 4 heavy (non-hydrogen) atoms. The Balaban J connectivity index is -0.00000000500. The molecule has 0 saturated heterocycles. The van der Waals surface area contributed by atoms with Gasteiger partial charge in [-0.2, -0.15) is 0 Å². The molecule has 0 unspecified atom stereocenters. The Morgan fingerprint density at radius 1 is 1.25 bits per heavy atom. The van der Waals surface area contributed by atoms with E-state index in [2.05, 4.69) is 6.57 Å². The summed E-state index contributed by atoms with van der Waals surface area (Å²) in [7, 11) is 0. The van der Waals surface area contributed by atoms with Crippen molar-refractivity contribution in [2.24, 2.45) is 0 Å². The summed E-state index contributed by atoms with van der Waals surface area (Å²) in [6.07, 6.45) is 0. The molecular formula is CH2LiNRh. The van der Waals surface area contributed by atoms with Gasteiger partial charge in [0.1, 0.15) is 0 Å². The molecule has 0 aliphatic heterocycles. The van der Waals surface area contributed by atoms with E-state index in [0.717, 1.165) is 0 Å². The summed E-state index contributed by atoms with van der Waals surface area (Å²) in [5.74, 6) is 0. The van der Waals surface area contributed by atoms with Crippen molar-refractivity contribution in [1.29, 1.82) is 5.26 Å². The van der Waals surface area contributed by atoms with Crippen LogP contribution in [0.15, 0.2) is 0 Å². The van der Waals surface area contributed by atoms with Crippen LogP contribution in [-0.2, 0) is 19.5 Å². The molecule has 0 aliphatic rings. The second-order valence-corrected chi connectivity index (χ2v) is 0. The minimum absolute atomic E-state index is 0. The molecule has 0 saturated carbocycles. The van der Waals surface area contributed by atoms with Crippen LogP contribution in [0.3, 0.4) is 0 Å². The van der Waals surface area contributed by atoms with Crippen LogP contribution in [0.1, 0.15) is 0 Å². The zero-order valence-electron chi connectivity index (χ0n) is 1.36. The summed E-state index contributed by atoms with van der Waals surface area (Å²) in [6, 6.07) is 0. The number of hydrogen-bond donors (Lipinski definition) is 0. The third-order valence-electron chi connectivity index (χ3n) is 0. The van der Waals surface area contributed by atoms with E-state index in [9.17, 15) is 0 Å². The van der Waals surface area contributed by atoms with E-state index in [1.54, 1.807) is 0 Å². The van der Waals surface area contributed by atoms with Gasteiger partial charge in [-0.05, 0) is 0 Å². The molecule has 0 atom stereocenters. The first-order valence-corrected chi connectivity index (χ1v) is 0.258. The summed E-state index contributed by atoms with van der Waals surface area (Å²) in [4.78, 5) is 0. The number of rotatable bonds is 0. The minimum Gasteiger partial charge on any atom is 0 e. The summed E-state index contributed by atoms with van der Waals surface area (Å²) in [5, 5.41) is 6.50. The Labute approximate surface area is 50.3 Å². The molecule has 1 nitrogen and oxygen atoms in total. The Bertz CT molecular complexity index is 12.8. The molecule has 0 rings (SSSR count). The van der Waals surface area contributed by atoms with Crippen molar-refractivity contribution >= 4 is 18.9 Å². The van der Waals surface area contributed by atoms with Gasteiger partial charge in [-0.15, -0.1) is 0 Å². The van der Waals surface area contributed by atoms with E-state index in [0.29, 0.717) is 0 Å². The summed E-state index contributed by atoms with van der Waals surface area (Å²) in [6.45, 7) is 3.50. The van der Waals surface area contributed by atoms with E-state index in [4.69, 9.17) is 5.26 Å². The van der Waals surface area contributed by atoms with Crippen LogP contribution in [0.5, 0.6) is 0 Å². The average Bonchev–Trinajstić information content (AvgIpc) is 1.00. The first-order chi connectivity index (χ1) is 1.00. The van der Waals surface area contributed by atoms with Crippen molar-refractivity contribution in [2.75, 3.05) is 0 Å². The van der Waals surface area contributed by atoms with Crippen LogP contribution in [0, 0.1) is 11.8 Å². The van der Waals surface area contributed by atoms with Crippen LogP contribution in [0.25, 0.3) is 0 Å². The van der Waals surface area contributed by atoms with E-state index < -0.39 is 0 Å². The van der Waals surface area contributed by atoms with Crippen molar-refractivity contribution < 1.29 is 19.5 Å². The average molecular weight is 138 g/mol. The second kappa shape index (κ2) is 54.0. The molecule has 0 N–H and O–H groups in total. The Morgan fingerprint density at radius 2 is 1.25 bits per heavy atom. The van der Waals surface area contributed by atoms with E-state index in [-0.39, 0.29) is 38.3 Å². The third-order valence-corrected chi connectivity index (χ3v) is 0. The topological polar surface area (TPSA) is 23.8 Å². The van der Waals surface area contributed by atoms with E-state index >= 15 is 0 Å². The van der Waals surface area contributed by atoms with Gasteiger partial charge in [0.15, 0.2) is 0 Å². The molecule has 0 aromatic carbocycles. The summed E-state index contributed by atoms with van der Waals surface area (Å²) < 4.78 is 0. The molecule has 0 fully saturated rings. The number of hydrogen-bond acceptors (Lipinski definition) is 1. The summed E-state index contributed by atoms with van der Waals surface area (Å²) in [5.41, 5.74) is 0. The maximum Gasteiger partial charge on any atom is 0 e. The molecule has 0 heterocycles. The first kappa shape index (κ1) is 22.2. The van der Waals surface area contributed by atoms with Crippen molar-refractivity contribution in [3.05, 3.63) is 0 Å². The van der Waals surface area contributed by atoms with E-state index in [1.165, 1.54) is 0 Å². The molecule has 0 amide bonds. The van der Waals surface area contributed by atoms with Gasteiger partial charge in [-0.25, -0.2) is 5.26 Å². The largest absolute Gasteiger partial charge is 0 e. The predicted molar refractivity (Wildman–Crippen MR) is 13.8 cm³/mol. The fraction of sp³-hybridized carbons (Fsp3) is 0. The van der Waals surface area contributed by atoms with Crippen molar-refractivity contribution in [1.82, 2.24) is 0 Å². The normalized spacial score (nSPS) is 0.500. The molecule has 21 valence electrons.